The Bertz CT molecular complexity index is 300. The highest BCUT2D eigenvalue weighted by molar-refractivity contribution is 5.14. The van der Waals surface area contributed by atoms with Gasteiger partial charge in [-0.25, -0.2) is 0 Å². The Hall–Kier alpha value is -0.860. The summed E-state index contributed by atoms with van der Waals surface area (Å²) in [5, 5.41) is 7.05. The first-order valence-corrected chi connectivity index (χ1v) is 6.50. The number of rotatable bonds is 6. The van der Waals surface area contributed by atoms with Crippen molar-refractivity contribution in [3.05, 3.63) is 35.9 Å². The van der Waals surface area contributed by atoms with Crippen molar-refractivity contribution in [2.75, 3.05) is 13.1 Å². The van der Waals surface area contributed by atoms with E-state index in [1.165, 1.54) is 5.56 Å². The molecule has 0 heterocycles. The highest BCUT2D eigenvalue weighted by Gasteiger charge is 2.10. The third-order valence-corrected chi connectivity index (χ3v) is 2.69. The SMILES string of the molecule is CC(CNC(C)(C)C)NCCc1ccccc1. The molecular weight excluding hydrogens is 208 g/mol. The van der Waals surface area contributed by atoms with Gasteiger partial charge in [0.1, 0.15) is 0 Å². The summed E-state index contributed by atoms with van der Waals surface area (Å²) in [6, 6.07) is 11.1. The Kier molecular flexibility index (Phi) is 5.66. The van der Waals surface area contributed by atoms with Gasteiger partial charge in [0.2, 0.25) is 0 Å². The fourth-order valence-electron chi connectivity index (χ4n) is 1.64. The quantitative estimate of drug-likeness (QED) is 0.790. The van der Waals surface area contributed by atoms with E-state index in [-0.39, 0.29) is 5.54 Å². The summed E-state index contributed by atoms with van der Waals surface area (Å²) in [5.41, 5.74) is 1.60. The molecular formula is C15H26N2. The van der Waals surface area contributed by atoms with Gasteiger partial charge in [0.05, 0.1) is 0 Å². The van der Waals surface area contributed by atoms with Crippen molar-refractivity contribution in [1.29, 1.82) is 0 Å². The summed E-state index contributed by atoms with van der Waals surface area (Å²) in [6.45, 7) is 10.9. The molecule has 1 aromatic rings. The molecule has 1 aromatic carbocycles. The van der Waals surface area contributed by atoms with E-state index in [2.05, 4.69) is 68.7 Å². The van der Waals surface area contributed by atoms with Crippen LogP contribution in [-0.2, 0) is 6.42 Å². The first kappa shape index (κ1) is 14.2. The van der Waals surface area contributed by atoms with Gasteiger partial charge in [0.15, 0.2) is 0 Å². The Balaban J connectivity index is 2.14. The molecule has 2 N–H and O–H groups in total. The minimum atomic E-state index is 0.204. The Morgan fingerprint density at radius 3 is 2.35 bits per heavy atom. The van der Waals surface area contributed by atoms with E-state index in [9.17, 15) is 0 Å². The van der Waals surface area contributed by atoms with Gasteiger partial charge < -0.3 is 10.6 Å². The topological polar surface area (TPSA) is 24.1 Å². The van der Waals surface area contributed by atoms with Crippen LogP contribution < -0.4 is 10.6 Å². The molecule has 0 aliphatic rings. The molecule has 0 radical (unpaired) electrons. The average Bonchev–Trinajstić information content (AvgIpc) is 2.27. The average molecular weight is 234 g/mol. The van der Waals surface area contributed by atoms with E-state index < -0.39 is 0 Å². The molecule has 0 fully saturated rings. The summed E-state index contributed by atoms with van der Waals surface area (Å²) in [5.74, 6) is 0. The van der Waals surface area contributed by atoms with Crippen LogP contribution in [0.4, 0.5) is 0 Å². The Labute approximate surface area is 106 Å². The third-order valence-electron chi connectivity index (χ3n) is 2.69. The maximum Gasteiger partial charge on any atom is 0.0164 e. The molecule has 0 spiro atoms. The number of nitrogens with one attached hydrogen (secondary N) is 2. The molecule has 1 atom stereocenters. The second-order valence-electron chi connectivity index (χ2n) is 5.72. The van der Waals surface area contributed by atoms with E-state index in [0.29, 0.717) is 6.04 Å². The predicted octanol–water partition coefficient (Wildman–Crippen LogP) is 2.60. The molecule has 2 heteroatoms. The summed E-state index contributed by atoms with van der Waals surface area (Å²) < 4.78 is 0. The molecule has 0 amide bonds. The highest BCUT2D eigenvalue weighted by atomic mass is 15.0. The smallest absolute Gasteiger partial charge is 0.0164 e. The van der Waals surface area contributed by atoms with E-state index in [0.717, 1.165) is 19.5 Å². The minimum Gasteiger partial charge on any atom is -0.313 e. The zero-order valence-electron chi connectivity index (χ0n) is 11.6. The molecule has 0 aromatic heterocycles. The van der Waals surface area contributed by atoms with Crippen LogP contribution in [0, 0.1) is 0 Å². The van der Waals surface area contributed by atoms with Gasteiger partial charge in [-0.1, -0.05) is 30.3 Å². The molecule has 1 rings (SSSR count). The zero-order chi connectivity index (χ0) is 12.7. The van der Waals surface area contributed by atoms with Gasteiger partial charge in [0.25, 0.3) is 0 Å². The Morgan fingerprint density at radius 2 is 1.76 bits per heavy atom. The van der Waals surface area contributed by atoms with Crippen molar-refractivity contribution in [3.63, 3.8) is 0 Å². The molecule has 0 saturated heterocycles. The normalized spacial score (nSPS) is 13.6. The monoisotopic (exact) mass is 234 g/mol. The zero-order valence-corrected chi connectivity index (χ0v) is 11.6. The molecule has 2 nitrogen and oxygen atoms in total. The molecule has 96 valence electrons. The van der Waals surface area contributed by atoms with E-state index >= 15 is 0 Å². The van der Waals surface area contributed by atoms with Crippen molar-refractivity contribution < 1.29 is 0 Å². The van der Waals surface area contributed by atoms with Crippen LogP contribution in [0.3, 0.4) is 0 Å². The lowest BCUT2D eigenvalue weighted by molar-refractivity contribution is 0.389. The van der Waals surface area contributed by atoms with Gasteiger partial charge in [-0.15, -0.1) is 0 Å². The molecule has 0 bridgehead atoms. The van der Waals surface area contributed by atoms with Crippen LogP contribution in [-0.4, -0.2) is 24.7 Å². The maximum atomic E-state index is 3.54. The lowest BCUT2D eigenvalue weighted by atomic mass is 10.1. The van der Waals surface area contributed by atoms with Gasteiger partial charge >= 0.3 is 0 Å². The molecule has 1 unspecified atom stereocenters. The van der Waals surface area contributed by atoms with Crippen molar-refractivity contribution >= 4 is 0 Å². The summed E-state index contributed by atoms with van der Waals surface area (Å²) in [4.78, 5) is 0. The van der Waals surface area contributed by atoms with Crippen LogP contribution in [0.25, 0.3) is 0 Å². The summed E-state index contributed by atoms with van der Waals surface area (Å²) >= 11 is 0. The first-order valence-electron chi connectivity index (χ1n) is 6.50. The second-order valence-corrected chi connectivity index (χ2v) is 5.72. The second kappa shape index (κ2) is 6.77. The first-order chi connectivity index (χ1) is 7.97. The summed E-state index contributed by atoms with van der Waals surface area (Å²) in [7, 11) is 0. The van der Waals surface area contributed by atoms with Gasteiger partial charge in [-0.2, -0.15) is 0 Å². The van der Waals surface area contributed by atoms with Crippen molar-refractivity contribution in [2.45, 2.75) is 45.7 Å². The highest BCUT2D eigenvalue weighted by Crippen LogP contribution is 2.00. The molecule has 17 heavy (non-hydrogen) atoms. The van der Waals surface area contributed by atoms with Crippen molar-refractivity contribution in [3.8, 4) is 0 Å². The van der Waals surface area contributed by atoms with E-state index in [1.54, 1.807) is 0 Å². The van der Waals surface area contributed by atoms with Crippen LogP contribution in [0.5, 0.6) is 0 Å². The van der Waals surface area contributed by atoms with Crippen LogP contribution in [0.2, 0.25) is 0 Å². The van der Waals surface area contributed by atoms with Crippen LogP contribution in [0.1, 0.15) is 33.3 Å². The Morgan fingerprint density at radius 1 is 1.12 bits per heavy atom. The van der Waals surface area contributed by atoms with Crippen molar-refractivity contribution in [2.24, 2.45) is 0 Å². The van der Waals surface area contributed by atoms with Crippen LogP contribution >= 0.6 is 0 Å². The molecule has 0 saturated carbocycles. The lowest BCUT2D eigenvalue weighted by Gasteiger charge is -2.24. The van der Waals surface area contributed by atoms with E-state index in [4.69, 9.17) is 0 Å². The number of hydrogen-bond acceptors (Lipinski definition) is 2. The van der Waals surface area contributed by atoms with Gasteiger partial charge in [-0.05, 0) is 46.2 Å². The largest absolute Gasteiger partial charge is 0.313 e. The molecule has 0 aliphatic carbocycles. The van der Waals surface area contributed by atoms with Gasteiger partial charge in [0, 0.05) is 18.1 Å². The number of benzene rings is 1. The van der Waals surface area contributed by atoms with Crippen LogP contribution in [0.15, 0.2) is 30.3 Å². The lowest BCUT2D eigenvalue weighted by Crippen LogP contribution is -2.44. The summed E-state index contributed by atoms with van der Waals surface area (Å²) in [6.07, 6.45) is 1.10. The fourth-order valence-corrected chi connectivity index (χ4v) is 1.64. The maximum absolute atomic E-state index is 3.54. The van der Waals surface area contributed by atoms with Crippen molar-refractivity contribution in [1.82, 2.24) is 10.6 Å². The predicted molar refractivity (Wildman–Crippen MR) is 75.4 cm³/mol. The fraction of sp³-hybridized carbons (Fsp3) is 0.600. The third kappa shape index (κ3) is 7.14. The molecule has 0 aliphatic heterocycles. The van der Waals surface area contributed by atoms with Gasteiger partial charge in [-0.3, -0.25) is 0 Å². The standard InChI is InChI=1S/C15H26N2/c1-13(12-17-15(2,3)4)16-11-10-14-8-6-5-7-9-14/h5-9,13,16-17H,10-12H2,1-4H3. The van der Waals surface area contributed by atoms with E-state index in [1.807, 2.05) is 0 Å². The minimum absolute atomic E-state index is 0.204. The number of hydrogen-bond donors (Lipinski definition) is 2.